The van der Waals surface area contributed by atoms with E-state index in [-0.39, 0.29) is 0 Å². The molecule has 0 saturated heterocycles. The first-order valence-electron chi connectivity index (χ1n) is 6.57. The molecule has 2 aromatic rings. The van der Waals surface area contributed by atoms with Crippen molar-refractivity contribution in [3.05, 3.63) is 64.2 Å². The molecule has 0 radical (unpaired) electrons. The second-order valence-corrected chi connectivity index (χ2v) is 5.48. The van der Waals surface area contributed by atoms with Crippen molar-refractivity contribution in [2.75, 3.05) is 0 Å². The highest BCUT2D eigenvalue weighted by Gasteiger charge is 2.04. The Hall–Kier alpha value is -1.87. The van der Waals surface area contributed by atoms with Gasteiger partial charge in [0.2, 0.25) is 0 Å². The van der Waals surface area contributed by atoms with Gasteiger partial charge in [0.15, 0.2) is 0 Å². The third kappa shape index (κ3) is 3.36. The summed E-state index contributed by atoms with van der Waals surface area (Å²) in [6, 6.07) is 12.1. The SMILES string of the molecule is Cc1ccc(OCc2ccc(C(N)=S)cc2C)cc1C. The van der Waals surface area contributed by atoms with Gasteiger partial charge in [-0.25, -0.2) is 0 Å². The van der Waals surface area contributed by atoms with E-state index in [9.17, 15) is 0 Å². The fourth-order valence-electron chi connectivity index (χ4n) is 1.98. The van der Waals surface area contributed by atoms with Crippen LogP contribution >= 0.6 is 12.2 Å². The maximum absolute atomic E-state index is 5.84. The van der Waals surface area contributed by atoms with Crippen molar-refractivity contribution in [2.45, 2.75) is 27.4 Å². The van der Waals surface area contributed by atoms with Crippen LogP contribution in [-0.4, -0.2) is 4.99 Å². The Bertz CT molecular complexity index is 649. The lowest BCUT2D eigenvalue weighted by Gasteiger charge is -2.11. The van der Waals surface area contributed by atoms with Gasteiger partial charge in [0.1, 0.15) is 17.3 Å². The number of benzene rings is 2. The van der Waals surface area contributed by atoms with Crippen LogP contribution in [0.1, 0.15) is 27.8 Å². The van der Waals surface area contributed by atoms with Gasteiger partial charge in [-0.15, -0.1) is 0 Å². The zero-order valence-corrected chi connectivity index (χ0v) is 12.9. The van der Waals surface area contributed by atoms with E-state index < -0.39 is 0 Å². The van der Waals surface area contributed by atoms with Crippen LogP contribution in [0.3, 0.4) is 0 Å². The minimum Gasteiger partial charge on any atom is -0.489 e. The first kappa shape index (κ1) is 14.5. The van der Waals surface area contributed by atoms with E-state index >= 15 is 0 Å². The lowest BCUT2D eigenvalue weighted by Crippen LogP contribution is -2.10. The predicted molar refractivity (Wildman–Crippen MR) is 87.3 cm³/mol. The van der Waals surface area contributed by atoms with Crippen molar-refractivity contribution in [3.8, 4) is 5.75 Å². The minimum atomic E-state index is 0.426. The Kier molecular flexibility index (Phi) is 4.40. The Balaban J connectivity index is 2.10. The van der Waals surface area contributed by atoms with Crippen molar-refractivity contribution in [2.24, 2.45) is 5.73 Å². The van der Waals surface area contributed by atoms with E-state index in [0.29, 0.717) is 11.6 Å². The Morgan fingerprint density at radius 2 is 1.75 bits per heavy atom. The number of thiocarbonyl (C=S) groups is 1. The molecule has 2 aromatic carbocycles. The summed E-state index contributed by atoms with van der Waals surface area (Å²) in [5, 5.41) is 0. The van der Waals surface area contributed by atoms with E-state index in [2.05, 4.69) is 26.0 Å². The largest absolute Gasteiger partial charge is 0.489 e. The van der Waals surface area contributed by atoms with Gasteiger partial charge in [0, 0.05) is 5.56 Å². The molecule has 0 heterocycles. The molecule has 2 nitrogen and oxygen atoms in total. The molecule has 2 N–H and O–H groups in total. The molecule has 0 bridgehead atoms. The van der Waals surface area contributed by atoms with Gasteiger partial charge in [0.25, 0.3) is 0 Å². The second-order valence-electron chi connectivity index (χ2n) is 5.04. The molecule has 0 fully saturated rings. The molecule has 0 aliphatic rings. The average Bonchev–Trinajstić information content (AvgIpc) is 2.41. The minimum absolute atomic E-state index is 0.426. The standard InChI is InChI=1S/C17H19NOS/c1-11-4-7-16(9-12(11)2)19-10-15-6-5-14(17(18)20)8-13(15)3/h4-9H,10H2,1-3H3,(H2,18,20). The molecule has 0 aromatic heterocycles. The molecule has 0 unspecified atom stereocenters. The summed E-state index contributed by atoms with van der Waals surface area (Å²) in [5.74, 6) is 0.894. The zero-order valence-electron chi connectivity index (χ0n) is 12.1. The summed E-state index contributed by atoms with van der Waals surface area (Å²) >= 11 is 4.98. The topological polar surface area (TPSA) is 35.2 Å². The number of ether oxygens (including phenoxy) is 1. The summed E-state index contributed by atoms with van der Waals surface area (Å²) in [6.45, 7) is 6.77. The van der Waals surface area contributed by atoms with Crippen LogP contribution in [0.5, 0.6) is 5.75 Å². The highest BCUT2D eigenvalue weighted by Crippen LogP contribution is 2.19. The maximum atomic E-state index is 5.84. The fourth-order valence-corrected chi connectivity index (χ4v) is 2.10. The average molecular weight is 285 g/mol. The molecule has 2 rings (SSSR count). The molecular formula is C17H19NOS. The normalized spacial score (nSPS) is 10.3. The molecule has 104 valence electrons. The van der Waals surface area contributed by atoms with Crippen LogP contribution in [-0.2, 0) is 6.61 Å². The molecule has 0 spiro atoms. The van der Waals surface area contributed by atoms with Crippen LogP contribution in [0.4, 0.5) is 0 Å². The second kappa shape index (κ2) is 6.06. The van der Waals surface area contributed by atoms with Crippen molar-refractivity contribution < 1.29 is 4.74 Å². The quantitative estimate of drug-likeness (QED) is 0.867. The van der Waals surface area contributed by atoms with Crippen molar-refractivity contribution in [3.63, 3.8) is 0 Å². The van der Waals surface area contributed by atoms with E-state index in [0.717, 1.165) is 22.4 Å². The molecule has 0 atom stereocenters. The molecule has 0 aliphatic carbocycles. The molecule has 0 aliphatic heterocycles. The van der Waals surface area contributed by atoms with E-state index in [4.69, 9.17) is 22.7 Å². The number of hydrogen-bond acceptors (Lipinski definition) is 2. The van der Waals surface area contributed by atoms with Gasteiger partial charge < -0.3 is 10.5 Å². The van der Waals surface area contributed by atoms with Gasteiger partial charge in [0.05, 0.1) is 0 Å². The molecule has 0 saturated carbocycles. The lowest BCUT2D eigenvalue weighted by molar-refractivity contribution is 0.305. The maximum Gasteiger partial charge on any atom is 0.120 e. The Labute approximate surface area is 125 Å². The van der Waals surface area contributed by atoms with Crippen molar-refractivity contribution in [1.82, 2.24) is 0 Å². The summed E-state index contributed by atoms with van der Waals surface area (Å²) in [4.78, 5) is 0.426. The number of rotatable bonds is 4. The third-order valence-corrected chi connectivity index (χ3v) is 3.74. The number of hydrogen-bond donors (Lipinski definition) is 1. The summed E-state index contributed by atoms with van der Waals surface area (Å²) in [7, 11) is 0. The smallest absolute Gasteiger partial charge is 0.120 e. The van der Waals surface area contributed by atoms with Crippen LogP contribution in [0.2, 0.25) is 0 Å². The lowest BCUT2D eigenvalue weighted by atomic mass is 10.1. The summed E-state index contributed by atoms with van der Waals surface area (Å²) in [5.41, 5.74) is 11.3. The fraction of sp³-hybridized carbons (Fsp3) is 0.235. The highest BCUT2D eigenvalue weighted by atomic mass is 32.1. The van der Waals surface area contributed by atoms with Crippen LogP contribution in [0.15, 0.2) is 36.4 Å². The van der Waals surface area contributed by atoms with Crippen molar-refractivity contribution >= 4 is 17.2 Å². The zero-order chi connectivity index (χ0) is 14.7. The van der Waals surface area contributed by atoms with Crippen LogP contribution in [0, 0.1) is 20.8 Å². The summed E-state index contributed by atoms with van der Waals surface area (Å²) < 4.78 is 5.84. The first-order chi connectivity index (χ1) is 9.47. The Morgan fingerprint density at radius 3 is 2.35 bits per heavy atom. The van der Waals surface area contributed by atoms with Crippen LogP contribution in [0.25, 0.3) is 0 Å². The van der Waals surface area contributed by atoms with Gasteiger partial charge in [-0.1, -0.05) is 30.4 Å². The number of nitrogens with two attached hydrogens (primary N) is 1. The van der Waals surface area contributed by atoms with Gasteiger partial charge in [-0.05, 0) is 61.2 Å². The third-order valence-electron chi connectivity index (χ3n) is 3.50. The molecule has 0 amide bonds. The summed E-state index contributed by atoms with van der Waals surface area (Å²) in [6.07, 6.45) is 0. The van der Waals surface area contributed by atoms with Crippen LogP contribution < -0.4 is 10.5 Å². The van der Waals surface area contributed by atoms with Gasteiger partial charge >= 0.3 is 0 Å². The molecule has 3 heteroatoms. The van der Waals surface area contributed by atoms with Crippen molar-refractivity contribution in [1.29, 1.82) is 0 Å². The first-order valence-corrected chi connectivity index (χ1v) is 6.97. The highest BCUT2D eigenvalue weighted by molar-refractivity contribution is 7.80. The molecule has 20 heavy (non-hydrogen) atoms. The predicted octanol–water partition coefficient (Wildman–Crippen LogP) is 3.83. The van der Waals surface area contributed by atoms with Gasteiger partial charge in [-0.2, -0.15) is 0 Å². The van der Waals surface area contributed by atoms with E-state index in [1.165, 1.54) is 11.1 Å². The number of aryl methyl sites for hydroxylation is 3. The van der Waals surface area contributed by atoms with E-state index in [1.807, 2.05) is 31.2 Å². The Morgan fingerprint density at radius 1 is 1.00 bits per heavy atom. The van der Waals surface area contributed by atoms with Gasteiger partial charge in [-0.3, -0.25) is 0 Å². The monoisotopic (exact) mass is 285 g/mol. The van der Waals surface area contributed by atoms with E-state index in [1.54, 1.807) is 0 Å². The molecular weight excluding hydrogens is 266 g/mol.